The van der Waals surface area contributed by atoms with Crippen molar-refractivity contribution in [3.05, 3.63) is 44.3 Å². The molecular weight excluding hydrogens is 440 g/mol. The van der Waals surface area contributed by atoms with Gasteiger partial charge in [0.1, 0.15) is 10.2 Å². The molecule has 0 spiro atoms. The predicted octanol–water partition coefficient (Wildman–Crippen LogP) is 5.43. The fourth-order valence-corrected chi connectivity index (χ4v) is 4.68. The molecule has 0 unspecified atom stereocenters. The van der Waals surface area contributed by atoms with E-state index in [1.54, 1.807) is 17.0 Å². The molecule has 0 N–H and O–H groups in total. The number of rotatable bonds is 5. The maximum atomic E-state index is 13.4. The Morgan fingerprint density at radius 3 is 2.54 bits per heavy atom. The van der Waals surface area contributed by atoms with E-state index in [4.69, 9.17) is 23.2 Å². The molecule has 140 valence electrons. The molecular formula is C16H15Cl3FN3OS2. The minimum atomic E-state index is -0.332. The molecule has 0 aliphatic heterocycles. The molecule has 0 bridgehead atoms. The Kier molecular flexibility index (Phi) is 7.24. The quantitative estimate of drug-likeness (QED) is 0.515. The number of halogens is 4. The van der Waals surface area contributed by atoms with Gasteiger partial charge < -0.3 is 4.90 Å². The zero-order valence-electron chi connectivity index (χ0n) is 13.8. The Balaban J connectivity index is 0.00000243. The minimum absolute atomic E-state index is 0. The smallest absolute Gasteiger partial charge is 0.262 e. The minimum Gasteiger partial charge on any atom is -0.308 e. The van der Waals surface area contributed by atoms with Crippen molar-refractivity contribution >= 4 is 79.5 Å². The largest absolute Gasteiger partial charge is 0.308 e. The van der Waals surface area contributed by atoms with Crippen molar-refractivity contribution in [1.29, 1.82) is 0 Å². The summed E-state index contributed by atoms with van der Waals surface area (Å²) in [6.07, 6.45) is 0. The first-order valence-electron chi connectivity index (χ1n) is 7.32. The normalized spacial score (nSPS) is 11.0. The van der Waals surface area contributed by atoms with E-state index < -0.39 is 0 Å². The Bertz CT molecular complexity index is 929. The van der Waals surface area contributed by atoms with Crippen LogP contribution in [-0.4, -0.2) is 43.0 Å². The number of amides is 1. The number of thiophene rings is 1. The van der Waals surface area contributed by atoms with Gasteiger partial charge in [-0.1, -0.05) is 34.5 Å². The van der Waals surface area contributed by atoms with Crippen LogP contribution in [-0.2, 0) is 0 Å². The zero-order valence-corrected chi connectivity index (χ0v) is 17.8. The number of hydrogen-bond acceptors (Lipinski definition) is 5. The summed E-state index contributed by atoms with van der Waals surface area (Å²) in [6.45, 7) is 1.07. The first kappa shape index (κ1) is 21.3. The molecule has 0 aliphatic rings. The van der Waals surface area contributed by atoms with Crippen LogP contribution in [0.1, 0.15) is 10.4 Å². The summed E-state index contributed by atoms with van der Waals surface area (Å²) in [7, 11) is 3.84. The maximum absolute atomic E-state index is 13.4. The number of carbonyl (C=O) groups excluding carboxylic acids is 1. The van der Waals surface area contributed by atoms with E-state index in [1.165, 1.54) is 23.5 Å². The highest BCUT2D eigenvalue weighted by atomic mass is 35.5. The molecule has 0 aliphatic carbocycles. The molecule has 26 heavy (non-hydrogen) atoms. The number of carbonyl (C=O) groups is 1. The molecule has 0 radical (unpaired) electrons. The van der Waals surface area contributed by atoms with Gasteiger partial charge in [0.25, 0.3) is 5.91 Å². The summed E-state index contributed by atoms with van der Waals surface area (Å²) >= 11 is 14.5. The second-order valence-corrected chi connectivity index (χ2v) is 8.90. The third-order valence-corrected chi connectivity index (χ3v) is 6.00. The Hall–Kier alpha value is -0.960. The van der Waals surface area contributed by atoms with Gasteiger partial charge in [0.15, 0.2) is 5.13 Å². The number of anilines is 1. The van der Waals surface area contributed by atoms with Crippen molar-refractivity contribution in [2.45, 2.75) is 0 Å². The Morgan fingerprint density at radius 1 is 1.19 bits per heavy atom. The highest BCUT2D eigenvalue weighted by Crippen LogP contribution is 2.35. The lowest BCUT2D eigenvalue weighted by Crippen LogP contribution is -2.36. The molecule has 2 heterocycles. The summed E-state index contributed by atoms with van der Waals surface area (Å²) in [4.78, 5) is 21.0. The molecule has 0 fully saturated rings. The summed E-state index contributed by atoms with van der Waals surface area (Å²) in [5.74, 6) is -0.601. The van der Waals surface area contributed by atoms with Crippen LogP contribution in [0.25, 0.3) is 10.2 Å². The number of benzene rings is 1. The van der Waals surface area contributed by atoms with Crippen LogP contribution in [0.4, 0.5) is 9.52 Å². The topological polar surface area (TPSA) is 36.4 Å². The van der Waals surface area contributed by atoms with E-state index in [1.807, 2.05) is 19.0 Å². The van der Waals surface area contributed by atoms with Crippen molar-refractivity contribution in [3.8, 4) is 0 Å². The second-order valence-electron chi connectivity index (χ2n) is 5.61. The van der Waals surface area contributed by atoms with Crippen LogP contribution in [0.5, 0.6) is 0 Å². The van der Waals surface area contributed by atoms with E-state index >= 15 is 0 Å². The molecule has 1 amide bonds. The predicted molar refractivity (Wildman–Crippen MR) is 111 cm³/mol. The monoisotopic (exact) mass is 453 g/mol. The fourth-order valence-electron chi connectivity index (χ4n) is 2.22. The number of likely N-dealkylation sites (N-methyl/N-ethyl adjacent to an activating group) is 1. The van der Waals surface area contributed by atoms with Gasteiger partial charge in [0.05, 0.1) is 20.1 Å². The first-order chi connectivity index (χ1) is 11.8. The van der Waals surface area contributed by atoms with Crippen molar-refractivity contribution in [2.24, 2.45) is 0 Å². The van der Waals surface area contributed by atoms with Crippen molar-refractivity contribution < 1.29 is 9.18 Å². The highest BCUT2D eigenvalue weighted by molar-refractivity contribution is 7.22. The summed E-state index contributed by atoms with van der Waals surface area (Å²) in [5, 5.41) is 0.505. The van der Waals surface area contributed by atoms with Gasteiger partial charge in [-0.25, -0.2) is 9.37 Å². The Morgan fingerprint density at radius 2 is 1.92 bits per heavy atom. The molecule has 2 aromatic heterocycles. The lowest BCUT2D eigenvalue weighted by Gasteiger charge is -2.21. The van der Waals surface area contributed by atoms with E-state index in [2.05, 4.69) is 4.98 Å². The number of fused-ring (bicyclic) bond motifs is 1. The molecule has 10 heteroatoms. The summed E-state index contributed by atoms with van der Waals surface area (Å²) < 4.78 is 14.9. The second kappa shape index (κ2) is 8.82. The van der Waals surface area contributed by atoms with Crippen molar-refractivity contribution in [3.63, 3.8) is 0 Å². The maximum Gasteiger partial charge on any atom is 0.262 e. The lowest BCUT2D eigenvalue weighted by atomic mass is 10.3. The van der Waals surface area contributed by atoms with Crippen molar-refractivity contribution in [1.82, 2.24) is 9.88 Å². The summed E-state index contributed by atoms with van der Waals surface area (Å²) in [5.41, 5.74) is 0.999. The number of aromatic nitrogens is 1. The standard InChI is InChI=1S/C16H14Cl2FN3OS2.ClH/c1-21(2)5-6-22(15(23)10-8-13(17)25-14(10)18)16-20-11-4-3-9(19)7-12(11)24-16;/h3-4,7-8H,5-6H2,1-2H3;1H. The van der Waals surface area contributed by atoms with Crippen LogP contribution in [0.2, 0.25) is 8.67 Å². The number of hydrogen-bond donors (Lipinski definition) is 0. The van der Waals surface area contributed by atoms with Crippen LogP contribution in [0, 0.1) is 5.82 Å². The van der Waals surface area contributed by atoms with Gasteiger partial charge in [-0.05, 0) is 38.4 Å². The van der Waals surface area contributed by atoms with Crippen LogP contribution in [0.15, 0.2) is 24.3 Å². The third-order valence-electron chi connectivity index (χ3n) is 3.47. The average molecular weight is 455 g/mol. The molecule has 0 saturated carbocycles. The van der Waals surface area contributed by atoms with Gasteiger partial charge in [-0.15, -0.1) is 23.7 Å². The van der Waals surface area contributed by atoms with E-state index in [9.17, 15) is 9.18 Å². The molecule has 3 aromatic rings. The SMILES string of the molecule is CN(C)CCN(C(=O)c1cc(Cl)sc1Cl)c1nc2ccc(F)cc2s1.Cl. The van der Waals surface area contributed by atoms with Gasteiger partial charge >= 0.3 is 0 Å². The third kappa shape index (κ3) is 4.65. The van der Waals surface area contributed by atoms with Gasteiger partial charge in [-0.3, -0.25) is 9.69 Å². The number of nitrogens with zero attached hydrogens (tertiary/aromatic N) is 3. The van der Waals surface area contributed by atoms with Crippen LogP contribution >= 0.6 is 58.3 Å². The zero-order chi connectivity index (χ0) is 18.1. The average Bonchev–Trinajstić information content (AvgIpc) is 3.09. The highest BCUT2D eigenvalue weighted by Gasteiger charge is 2.25. The molecule has 3 rings (SSSR count). The summed E-state index contributed by atoms with van der Waals surface area (Å²) in [6, 6.07) is 5.94. The van der Waals surface area contributed by atoms with Gasteiger partial charge in [0.2, 0.25) is 0 Å². The lowest BCUT2D eigenvalue weighted by molar-refractivity contribution is 0.0986. The van der Waals surface area contributed by atoms with Gasteiger partial charge in [0, 0.05) is 13.1 Å². The molecule has 0 atom stereocenters. The first-order valence-corrected chi connectivity index (χ1v) is 9.71. The van der Waals surface area contributed by atoms with Crippen LogP contribution < -0.4 is 4.90 Å². The van der Waals surface area contributed by atoms with Crippen molar-refractivity contribution in [2.75, 3.05) is 32.1 Å². The van der Waals surface area contributed by atoms with E-state index in [-0.39, 0.29) is 24.1 Å². The molecule has 4 nitrogen and oxygen atoms in total. The van der Waals surface area contributed by atoms with Crippen LogP contribution in [0.3, 0.4) is 0 Å². The molecule has 1 aromatic carbocycles. The van der Waals surface area contributed by atoms with E-state index in [0.717, 1.165) is 11.3 Å². The van der Waals surface area contributed by atoms with Gasteiger partial charge in [-0.2, -0.15) is 0 Å². The fraction of sp³-hybridized carbons (Fsp3) is 0.250. The molecule has 0 saturated heterocycles. The van der Waals surface area contributed by atoms with E-state index in [0.29, 0.717) is 42.7 Å². The Labute approximate surface area is 174 Å². The number of thiazole rings is 1.